The van der Waals surface area contributed by atoms with Gasteiger partial charge in [-0.15, -0.1) is 0 Å². The van der Waals surface area contributed by atoms with E-state index in [1.165, 1.54) is 0 Å². The topological polar surface area (TPSA) is 77.9 Å². The number of Topliss-reactive ketones (excluding diaryl/α,β-unsaturated/α-hetero) is 1. The number of likely N-dealkylation sites (tertiary alicyclic amines) is 1. The Morgan fingerprint density at radius 1 is 1.16 bits per heavy atom. The molecular formula is C19H24N2O4. The molecule has 0 radical (unpaired) electrons. The third-order valence-corrected chi connectivity index (χ3v) is 5.45. The number of carbonyl (C=O) groups is 3. The molecule has 1 saturated heterocycles. The second kappa shape index (κ2) is 6.96. The summed E-state index contributed by atoms with van der Waals surface area (Å²) in [6.45, 7) is 5.32. The summed E-state index contributed by atoms with van der Waals surface area (Å²) < 4.78 is 0. The lowest BCUT2D eigenvalue weighted by Crippen LogP contribution is -2.45. The number of benzene rings is 1. The molecule has 1 atom stereocenters. The first-order chi connectivity index (χ1) is 11.9. The van der Waals surface area contributed by atoms with Crippen LogP contribution in [-0.4, -0.2) is 53.3 Å². The molecule has 1 fully saturated rings. The molecule has 6 heteroatoms. The number of fused-ring (bicyclic) bond motifs is 1. The van der Waals surface area contributed by atoms with Crippen LogP contribution in [-0.2, 0) is 16.0 Å². The molecule has 2 aliphatic heterocycles. The molecule has 0 aliphatic carbocycles. The molecule has 0 bridgehead atoms. The van der Waals surface area contributed by atoms with E-state index in [1.54, 1.807) is 11.8 Å². The summed E-state index contributed by atoms with van der Waals surface area (Å²) in [6.07, 6.45) is 1.98. The van der Waals surface area contributed by atoms with E-state index < -0.39 is 5.97 Å². The Morgan fingerprint density at radius 3 is 2.44 bits per heavy atom. The molecule has 1 unspecified atom stereocenters. The molecule has 1 N–H and O–H groups in total. The monoisotopic (exact) mass is 344 g/mol. The van der Waals surface area contributed by atoms with Crippen molar-refractivity contribution in [3.05, 3.63) is 29.3 Å². The molecule has 3 rings (SSSR count). The Hall–Kier alpha value is -2.21. The van der Waals surface area contributed by atoms with Gasteiger partial charge in [-0.1, -0.05) is 12.1 Å². The van der Waals surface area contributed by atoms with Gasteiger partial charge in [0.15, 0.2) is 5.78 Å². The van der Waals surface area contributed by atoms with Crippen LogP contribution in [0.15, 0.2) is 18.2 Å². The number of piperidine rings is 1. The third kappa shape index (κ3) is 3.44. The maximum atomic E-state index is 12.9. The molecule has 2 heterocycles. The number of carboxylic acid groups (broad SMARTS) is 1. The fourth-order valence-electron chi connectivity index (χ4n) is 3.80. The summed E-state index contributed by atoms with van der Waals surface area (Å²) in [6, 6.07) is 5.31. The van der Waals surface area contributed by atoms with Crippen molar-refractivity contribution in [1.29, 1.82) is 0 Å². The first-order valence-electron chi connectivity index (χ1n) is 8.80. The van der Waals surface area contributed by atoms with E-state index in [2.05, 4.69) is 4.90 Å². The van der Waals surface area contributed by atoms with Gasteiger partial charge >= 0.3 is 5.97 Å². The van der Waals surface area contributed by atoms with Gasteiger partial charge in [0.2, 0.25) is 5.91 Å². The third-order valence-electron chi connectivity index (χ3n) is 5.45. The molecule has 1 aromatic rings. The SMILES string of the molecule is CC(=O)N1CCc2ccc(C(=O)C(C)N3CCC(C(=O)O)CC3)cc21. The lowest BCUT2D eigenvalue weighted by molar-refractivity contribution is -0.143. The minimum absolute atomic E-state index is 0.00728. The second-order valence-corrected chi connectivity index (χ2v) is 6.95. The molecule has 6 nitrogen and oxygen atoms in total. The number of anilines is 1. The molecule has 0 spiro atoms. The standard InChI is InChI=1S/C19H24N2O4/c1-12(20-8-5-15(6-9-20)19(24)25)18(23)16-4-3-14-7-10-21(13(2)22)17(14)11-16/h3-4,11-12,15H,5-10H2,1-2H3,(H,24,25). The van der Waals surface area contributed by atoms with Gasteiger partial charge in [0.1, 0.15) is 0 Å². The molecule has 2 aliphatic rings. The van der Waals surface area contributed by atoms with Crippen molar-refractivity contribution >= 4 is 23.3 Å². The zero-order chi connectivity index (χ0) is 18.1. The van der Waals surface area contributed by atoms with Crippen molar-refractivity contribution in [2.75, 3.05) is 24.5 Å². The van der Waals surface area contributed by atoms with Crippen LogP contribution < -0.4 is 4.90 Å². The fourth-order valence-corrected chi connectivity index (χ4v) is 3.80. The summed E-state index contributed by atoms with van der Waals surface area (Å²) >= 11 is 0. The number of carbonyl (C=O) groups excluding carboxylic acids is 2. The zero-order valence-corrected chi connectivity index (χ0v) is 14.7. The van der Waals surface area contributed by atoms with Crippen molar-refractivity contribution in [2.24, 2.45) is 5.92 Å². The largest absolute Gasteiger partial charge is 0.481 e. The van der Waals surface area contributed by atoms with Gasteiger partial charge in [-0.2, -0.15) is 0 Å². The van der Waals surface area contributed by atoms with Crippen LogP contribution in [0.3, 0.4) is 0 Å². The lowest BCUT2D eigenvalue weighted by atomic mass is 9.94. The average Bonchev–Trinajstić information content (AvgIpc) is 3.03. The summed E-state index contributed by atoms with van der Waals surface area (Å²) in [5, 5.41) is 9.09. The minimum Gasteiger partial charge on any atom is -0.481 e. The molecule has 0 aromatic heterocycles. The summed E-state index contributed by atoms with van der Waals surface area (Å²) in [5.41, 5.74) is 2.55. The summed E-state index contributed by atoms with van der Waals surface area (Å²) in [4.78, 5) is 39.4. The van der Waals surface area contributed by atoms with Gasteiger partial charge in [0, 0.05) is 24.7 Å². The minimum atomic E-state index is -0.749. The van der Waals surface area contributed by atoms with Crippen molar-refractivity contribution in [2.45, 2.75) is 39.2 Å². The maximum Gasteiger partial charge on any atom is 0.306 e. The molecular weight excluding hydrogens is 320 g/mol. The van der Waals surface area contributed by atoms with Crippen molar-refractivity contribution in [1.82, 2.24) is 4.90 Å². The van der Waals surface area contributed by atoms with E-state index in [-0.39, 0.29) is 23.7 Å². The van der Waals surface area contributed by atoms with Gasteiger partial charge in [-0.3, -0.25) is 19.3 Å². The second-order valence-electron chi connectivity index (χ2n) is 6.95. The number of ketones is 1. The normalized spacial score (nSPS) is 19.5. The van der Waals surface area contributed by atoms with Crippen LogP contribution in [0.25, 0.3) is 0 Å². The molecule has 1 aromatic carbocycles. The van der Waals surface area contributed by atoms with Crippen LogP contribution >= 0.6 is 0 Å². The Morgan fingerprint density at radius 2 is 1.84 bits per heavy atom. The number of hydrogen-bond donors (Lipinski definition) is 1. The van der Waals surface area contributed by atoms with E-state index in [4.69, 9.17) is 5.11 Å². The number of nitrogens with zero attached hydrogens (tertiary/aromatic N) is 2. The predicted molar refractivity (Wildman–Crippen MR) is 93.9 cm³/mol. The molecule has 1 amide bonds. The number of rotatable bonds is 4. The Labute approximate surface area is 147 Å². The average molecular weight is 344 g/mol. The van der Waals surface area contributed by atoms with Gasteiger partial charge in [0.25, 0.3) is 0 Å². The van der Waals surface area contributed by atoms with E-state index in [9.17, 15) is 14.4 Å². The Balaban J connectivity index is 1.72. The summed E-state index contributed by atoms with van der Waals surface area (Å²) in [7, 11) is 0. The lowest BCUT2D eigenvalue weighted by Gasteiger charge is -2.34. The summed E-state index contributed by atoms with van der Waals surface area (Å²) in [5.74, 6) is -1.04. The highest BCUT2D eigenvalue weighted by molar-refractivity contribution is 6.02. The van der Waals surface area contributed by atoms with E-state index in [0.717, 1.165) is 17.7 Å². The van der Waals surface area contributed by atoms with Gasteiger partial charge in [-0.05, 0) is 50.9 Å². The molecule has 25 heavy (non-hydrogen) atoms. The first-order valence-corrected chi connectivity index (χ1v) is 8.80. The van der Waals surface area contributed by atoms with Crippen molar-refractivity contribution in [3.63, 3.8) is 0 Å². The zero-order valence-electron chi connectivity index (χ0n) is 14.7. The fraction of sp³-hybridized carbons (Fsp3) is 0.526. The molecule has 0 saturated carbocycles. The smallest absolute Gasteiger partial charge is 0.306 e. The van der Waals surface area contributed by atoms with Crippen LogP contribution in [0.2, 0.25) is 0 Å². The van der Waals surface area contributed by atoms with E-state index in [0.29, 0.717) is 38.0 Å². The highest BCUT2D eigenvalue weighted by Crippen LogP contribution is 2.30. The maximum absolute atomic E-state index is 12.9. The number of amides is 1. The van der Waals surface area contributed by atoms with Crippen LogP contribution in [0.1, 0.15) is 42.6 Å². The predicted octanol–water partition coefficient (Wildman–Crippen LogP) is 1.96. The highest BCUT2D eigenvalue weighted by atomic mass is 16.4. The van der Waals surface area contributed by atoms with Gasteiger partial charge in [-0.25, -0.2) is 0 Å². The van der Waals surface area contributed by atoms with Gasteiger partial charge < -0.3 is 10.0 Å². The van der Waals surface area contributed by atoms with Crippen LogP contribution in [0.4, 0.5) is 5.69 Å². The first kappa shape index (κ1) is 17.6. The van der Waals surface area contributed by atoms with E-state index in [1.807, 2.05) is 25.1 Å². The van der Waals surface area contributed by atoms with Crippen LogP contribution in [0, 0.1) is 5.92 Å². The molecule has 134 valence electrons. The number of aliphatic carboxylic acids is 1. The van der Waals surface area contributed by atoms with Crippen molar-refractivity contribution < 1.29 is 19.5 Å². The Bertz CT molecular complexity index is 707. The van der Waals surface area contributed by atoms with Crippen LogP contribution in [0.5, 0.6) is 0 Å². The number of hydrogen-bond acceptors (Lipinski definition) is 4. The highest BCUT2D eigenvalue weighted by Gasteiger charge is 2.31. The quantitative estimate of drug-likeness (QED) is 0.845. The van der Waals surface area contributed by atoms with Crippen molar-refractivity contribution in [3.8, 4) is 0 Å². The van der Waals surface area contributed by atoms with Gasteiger partial charge in [0.05, 0.1) is 12.0 Å². The number of carboxylic acids is 1. The van der Waals surface area contributed by atoms with E-state index >= 15 is 0 Å². The Kier molecular flexibility index (Phi) is 4.90.